The second kappa shape index (κ2) is 4.37. The van der Waals surface area contributed by atoms with Gasteiger partial charge in [-0.25, -0.2) is 9.97 Å². The number of aromatic nitrogens is 2. The fraction of sp³-hybridized carbons (Fsp3) is 0.667. The summed E-state index contributed by atoms with van der Waals surface area (Å²) in [5.74, 6) is 0. The van der Waals surface area contributed by atoms with E-state index in [4.69, 9.17) is 0 Å². The Hall–Kier alpha value is -1.16. The van der Waals surface area contributed by atoms with E-state index < -0.39 is 0 Å². The van der Waals surface area contributed by atoms with E-state index in [0.717, 1.165) is 11.7 Å². The van der Waals surface area contributed by atoms with Crippen molar-refractivity contribution in [3.63, 3.8) is 0 Å². The Morgan fingerprint density at radius 2 is 2.00 bits per heavy atom. The van der Waals surface area contributed by atoms with E-state index in [0.29, 0.717) is 6.04 Å². The topological polar surface area (TPSA) is 41.1 Å². The molecule has 2 aliphatic rings. The standard InChI is InChI=1S/C12H18N4/c1-2-5-16-6-4-11(12(16)3-1)15-10-7-13-9-14-8-10/h7-9,11-12,15H,1-6H2. The summed E-state index contributed by atoms with van der Waals surface area (Å²) in [7, 11) is 0. The largest absolute Gasteiger partial charge is 0.378 e. The second-order valence-electron chi connectivity index (χ2n) is 4.77. The van der Waals surface area contributed by atoms with Crippen molar-refractivity contribution in [2.75, 3.05) is 18.4 Å². The van der Waals surface area contributed by atoms with E-state index in [1.54, 1.807) is 6.33 Å². The van der Waals surface area contributed by atoms with Gasteiger partial charge in [-0.1, -0.05) is 6.42 Å². The van der Waals surface area contributed by atoms with Gasteiger partial charge in [0.25, 0.3) is 0 Å². The molecule has 0 amide bonds. The molecule has 2 saturated heterocycles. The molecule has 16 heavy (non-hydrogen) atoms. The van der Waals surface area contributed by atoms with Crippen molar-refractivity contribution in [2.45, 2.75) is 37.8 Å². The molecule has 1 N–H and O–H groups in total. The number of anilines is 1. The first-order valence-electron chi connectivity index (χ1n) is 6.19. The van der Waals surface area contributed by atoms with Gasteiger partial charge in [0.05, 0.1) is 18.1 Å². The van der Waals surface area contributed by atoms with Crippen LogP contribution in [0.4, 0.5) is 5.69 Å². The SMILES string of the molecule is c1ncc(NC2CCN3CCCCC23)cn1. The first-order valence-corrected chi connectivity index (χ1v) is 6.19. The average Bonchev–Trinajstić information content (AvgIpc) is 2.74. The number of piperidine rings is 1. The molecule has 0 aromatic carbocycles. The molecule has 86 valence electrons. The van der Waals surface area contributed by atoms with Crippen LogP contribution < -0.4 is 5.32 Å². The monoisotopic (exact) mass is 218 g/mol. The van der Waals surface area contributed by atoms with Gasteiger partial charge in [0.2, 0.25) is 0 Å². The van der Waals surface area contributed by atoms with E-state index in [1.165, 1.54) is 38.8 Å². The Bertz CT molecular complexity index is 340. The van der Waals surface area contributed by atoms with Crippen LogP contribution in [0, 0.1) is 0 Å². The van der Waals surface area contributed by atoms with Crippen molar-refractivity contribution in [1.82, 2.24) is 14.9 Å². The Morgan fingerprint density at radius 3 is 2.88 bits per heavy atom. The van der Waals surface area contributed by atoms with Crippen molar-refractivity contribution in [3.05, 3.63) is 18.7 Å². The highest BCUT2D eigenvalue weighted by molar-refractivity contribution is 5.39. The van der Waals surface area contributed by atoms with Crippen LogP contribution in [0.2, 0.25) is 0 Å². The quantitative estimate of drug-likeness (QED) is 0.817. The summed E-state index contributed by atoms with van der Waals surface area (Å²) in [5.41, 5.74) is 1.06. The molecule has 0 bridgehead atoms. The maximum atomic E-state index is 4.04. The lowest BCUT2D eigenvalue weighted by Crippen LogP contribution is -2.41. The lowest BCUT2D eigenvalue weighted by molar-refractivity contribution is 0.193. The van der Waals surface area contributed by atoms with Crippen LogP contribution >= 0.6 is 0 Å². The summed E-state index contributed by atoms with van der Waals surface area (Å²) in [6, 6.07) is 1.32. The molecule has 0 radical (unpaired) electrons. The molecule has 0 spiro atoms. The highest BCUT2D eigenvalue weighted by atomic mass is 15.2. The first kappa shape index (κ1) is 10.0. The molecule has 0 aliphatic carbocycles. The molecule has 3 heterocycles. The van der Waals surface area contributed by atoms with Gasteiger partial charge in [-0.3, -0.25) is 4.90 Å². The molecular weight excluding hydrogens is 200 g/mol. The second-order valence-corrected chi connectivity index (χ2v) is 4.77. The predicted molar refractivity (Wildman–Crippen MR) is 63.3 cm³/mol. The summed E-state index contributed by atoms with van der Waals surface area (Å²) >= 11 is 0. The molecule has 1 aromatic heterocycles. The Balaban J connectivity index is 1.67. The highest BCUT2D eigenvalue weighted by Crippen LogP contribution is 2.28. The van der Waals surface area contributed by atoms with E-state index in [-0.39, 0.29) is 0 Å². The van der Waals surface area contributed by atoms with Crippen LogP contribution in [0.5, 0.6) is 0 Å². The first-order chi connectivity index (χ1) is 7.93. The minimum absolute atomic E-state index is 0.589. The van der Waals surface area contributed by atoms with Gasteiger partial charge in [0.1, 0.15) is 6.33 Å². The van der Waals surface area contributed by atoms with Gasteiger partial charge in [0, 0.05) is 18.6 Å². The summed E-state index contributed by atoms with van der Waals surface area (Å²) in [5, 5.41) is 3.57. The van der Waals surface area contributed by atoms with Crippen molar-refractivity contribution < 1.29 is 0 Å². The number of rotatable bonds is 2. The third-order valence-electron chi connectivity index (χ3n) is 3.77. The van der Waals surface area contributed by atoms with Crippen molar-refractivity contribution in [2.24, 2.45) is 0 Å². The highest BCUT2D eigenvalue weighted by Gasteiger charge is 2.35. The zero-order chi connectivity index (χ0) is 10.8. The summed E-state index contributed by atoms with van der Waals surface area (Å²) in [6.07, 6.45) is 10.6. The van der Waals surface area contributed by atoms with E-state index in [2.05, 4.69) is 20.2 Å². The minimum atomic E-state index is 0.589. The average molecular weight is 218 g/mol. The zero-order valence-electron chi connectivity index (χ0n) is 9.47. The van der Waals surface area contributed by atoms with Gasteiger partial charge in [-0.2, -0.15) is 0 Å². The molecule has 2 fully saturated rings. The lowest BCUT2D eigenvalue weighted by atomic mass is 9.99. The maximum Gasteiger partial charge on any atom is 0.115 e. The maximum absolute atomic E-state index is 4.04. The zero-order valence-corrected chi connectivity index (χ0v) is 9.47. The molecular formula is C12H18N4. The summed E-state index contributed by atoms with van der Waals surface area (Å²) in [6.45, 7) is 2.53. The molecule has 3 rings (SSSR count). The fourth-order valence-electron chi connectivity index (χ4n) is 3.00. The smallest absolute Gasteiger partial charge is 0.115 e. The summed E-state index contributed by atoms with van der Waals surface area (Å²) < 4.78 is 0. The Morgan fingerprint density at radius 1 is 1.12 bits per heavy atom. The van der Waals surface area contributed by atoms with Gasteiger partial charge >= 0.3 is 0 Å². The molecule has 4 heteroatoms. The Kier molecular flexibility index (Phi) is 2.74. The van der Waals surface area contributed by atoms with Crippen molar-refractivity contribution >= 4 is 5.69 Å². The molecule has 2 aliphatic heterocycles. The number of nitrogens with one attached hydrogen (secondary N) is 1. The van der Waals surface area contributed by atoms with Gasteiger partial charge in [-0.15, -0.1) is 0 Å². The van der Waals surface area contributed by atoms with Crippen molar-refractivity contribution in [1.29, 1.82) is 0 Å². The van der Waals surface area contributed by atoms with Gasteiger partial charge in [0.15, 0.2) is 0 Å². The molecule has 2 atom stereocenters. The third kappa shape index (κ3) is 1.89. The molecule has 2 unspecified atom stereocenters. The lowest BCUT2D eigenvalue weighted by Gasteiger charge is -2.32. The van der Waals surface area contributed by atoms with Crippen LogP contribution in [0.1, 0.15) is 25.7 Å². The number of hydrogen-bond donors (Lipinski definition) is 1. The van der Waals surface area contributed by atoms with Crippen LogP contribution in [0.25, 0.3) is 0 Å². The van der Waals surface area contributed by atoms with Crippen LogP contribution in [-0.4, -0.2) is 40.0 Å². The molecule has 0 saturated carbocycles. The van der Waals surface area contributed by atoms with E-state index in [9.17, 15) is 0 Å². The van der Waals surface area contributed by atoms with Crippen LogP contribution in [-0.2, 0) is 0 Å². The third-order valence-corrected chi connectivity index (χ3v) is 3.77. The molecule has 4 nitrogen and oxygen atoms in total. The van der Waals surface area contributed by atoms with Gasteiger partial charge < -0.3 is 5.32 Å². The van der Waals surface area contributed by atoms with Gasteiger partial charge in [-0.05, 0) is 25.8 Å². The van der Waals surface area contributed by atoms with E-state index in [1.807, 2.05) is 12.4 Å². The number of nitrogens with zero attached hydrogens (tertiary/aromatic N) is 3. The normalized spacial score (nSPS) is 30.0. The predicted octanol–water partition coefficient (Wildman–Crippen LogP) is 1.52. The molecule has 1 aromatic rings. The van der Waals surface area contributed by atoms with Crippen LogP contribution in [0.15, 0.2) is 18.7 Å². The fourth-order valence-corrected chi connectivity index (χ4v) is 3.00. The summed E-state index contributed by atoms with van der Waals surface area (Å²) in [4.78, 5) is 10.7. The Labute approximate surface area is 96.1 Å². The van der Waals surface area contributed by atoms with Crippen LogP contribution in [0.3, 0.4) is 0 Å². The minimum Gasteiger partial charge on any atom is -0.378 e. The number of fused-ring (bicyclic) bond motifs is 1. The van der Waals surface area contributed by atoms with Crippen molar-refractivity contribution in [3.8, 4) is 0 Å². The van der Waals surface area contributed by atoms with E-state index >= 15 is 0 Å². The number of hydrogen-bond acceptors (Lipinski definition) is 4.